The quantitative estimate of drug-likeness (QED) is 0.732. The van der Waals surface area contributed by atoms with Crippen LogP contribution in [0.4, 0.5) is 0 Å². The largest absolute Gasteiger partial charge is 0.481 e. The van der Waals surface area contributed by atoms with Crippen LogP contribution in [0.3, 0.4) is 0 Å². The van der Waals surface area contributed by atoms with Crippen LogP contribution in [-0.2, 0) is 6.54 Å². The molecule has 0 radical (unpaired) electrons. The molecule has 4 heteroatoms. The van der Waals surface area contributed by atoms with Gasteiger partial charge in [-0.3, -0.25) is 4.90 Å². The van der Waals surface area contributed by atoms with E-state index in [1.807, 2.05) is 18.3 Å². The van der Waals surface area contributed by atoms with Gasteiger partial charge in [-0.25, -0.2) is 4.98 Å². The van der Waals surface area contributed by atoms with E-state index in [0.717, 1.165) is 19.6 Å². The Morgan fingerprint density at radius 2 is 1.89 bits per heavy atom. The molecule has 1 aromatic heterocycles. The van der Waals surface area contributed by atoms with Crippen LogP contribution in [-0.4, -0.2) is 42.2 Å². The maximum absolute atomic E-state index is 5.04. The first-order valence-corrected chi connectivity index (χ1v) is 7.00. The van der Waals surface area contributed by atoms with Crippen LogP contribution < -0.4 is 10.1 Å². The zero-order valence-electron chi connectivity index (χ0n) is 12.8. The van der Waals surface area contributed by atoms with Crippen LogP contribution in [0.2, 0.25) is 0 Å². The number of methoxy groups -OCH3 is 1. The van der Waals surface area contributed by atoms with E-state index >= 15 is 0 Å². The van der Waals surface area contributed by atoms with E-state index in [4.69, 9.17) is 4.74 Å². The van der Waals surface area contributed by atoms with E-state index in [1.165, 1.54) is 5.56 Å². The van der Waals surface area contributed by atoms with E-state index in [0.29, 0.717) is 18.0 Å². The summed E-state index contributed by atoms with van der Waals surface area (Å²) in [5.74, 6) is 0.662. The van der Waals surface area contributed by atoms with Crippen molar-refractivity contribution in [3.8, 4) is 5.88 Å². The van der Waals surface area contributed by atoms with E-state index in [9.17, 15) is 0 Å². The number of hydrogen-bond donors (Lipinski definition) is 1. The Labute approximate surface area is 117 Å². The Balaban J connectivity index is 2.29. The van der Waals surface area contributed by atoms with Crippen LogP contribution in [0.5, 0.6) is 5.88 Å². The van der Waals surface area contributed by atoms with Crippen molar-refractivity contribution >= 4 is 0 Å². The third-order valence-electron chi connectivity index (χ3n) is 3.21. The van der Waals surface area contributed by atoms with Gasteiger partial charge in [0.25, 0.3) is 0 Å². The molecule has 0 fully saturated rings. The van der Waals surface area contributed by atoms with Gasteiger partial charge in [0.1, 0.15) is 0 Å². The average molecular weight is 265 g/mol. The van der Waals surface area contributed by atoms with Gasteiger partial charge in [0.05, 0.1) is 7.11 Å². The van der Waals surface area contributed by atoms with Crippen molar-refractivity contribution in [2.24, 2.45) is 0 Å². The standard InChI is InChI=1S/C15H27N3O/c1-12(2)18(13(3)4)9-8-16-10-14-6-7-15(19-5)17-11-14/h6-7,11-13,16H,8-10H2,1-5H3. The summed E-state index contributed by atoms with van der Waals surface area (Å²) in [7, 11) is 1.63. The fraction of sp³-hybridized carbons (Fsp3) is 0.667. The van der Waals surface area contributed by atoms with Crippen molar-refractivity contribution < 1.29 is 4.74 Å². The molecule has 1 rings (SSSR count). The van der Waals surface area contributed by atoms with Gasteiger partial charge in [-0.1, -0.05) is 6.07 Å². The molecule has 4 nitrogen and oxygen atoms in total. The summed E-state index contributed by atoms with van der Waals surface area (Å²) in [6.45, 7) is 11.9. The molecule has 108 valence electrons. The molecule has 0 saturated carbocycles. The van der Waals surface area contributed by atoms with Gasteiger partial charge < -0.3 is 10.1 Å². The highest BCUT2D eigenvalue weighted by Crippen LogP contribution is 2.06. The molecular weight excluding hydrogens is 238 g/mol. The van der Waals surface area contributed by atoms with Crippen molar-refractivity contribution in [2.45, 2.75) is 46.3 Å². The first-order valence-electron chi connectivity index (χ1n) is 7.00. The molecule has 0 aliphatic carbocycles. The zero-order valence-corrected chi connectivity index (χ0v) is 12.8. The number of hydrogen-bond acceptors (Lipinski definition) is 4. The van der Waals surface area contributed by atoms with Crippen molar-refractivity contribution in [1.29, 1.82) is 0 Å². The molecule has 0 unspecified atom stereocenters. The van der Waals surface area contributed by atoms with Crippen LogP contribution in [0.1, 0.15) is 33.3 Å². The number of nitrogens with zero attached hydrogens (tertiary/aromatic N) is 2. The maximum atomic E-state index is 5.04. The minimum atomic E-state index is 0.587. The van der Waals surface area contributed by atoms with Crippen molar-refractivity contribution in [1.82, 2.24) is 15.2 Å². The van der Waals surface area contributed by atoms with Crippen molar-refractivity contribution in [3.63, 3.8) is 0 Å². The van der Waals surface area contributed by atoms with E-state index in [1.54, 1.807) is 7.11 Å². The lowest BCUT2D eigenvalue weighted by Gasteiger charge is -2.30. The van der Waals surface area contributed by atoms with Gasteiger partial charge >= 0.3 is 0 Å². The summed E-state index contributed by atoms with van der Waals surface area (Å²) in [4.78, 5) is 6.68. The van der Waals surface area contributed by atoms with Crippen molar-refractivity contribution in [3.05, 3.63) is 23.9 Å². The smallest absolute Gasteiger partial charge is 0.212 e. The third-order valence-corrected chi connectivity index (χ3v) is 3.21. The highest BCUT2D eigenvalue weighted by Gasteiger charge is 2.11. The average Bonchev–Trinajstić information content (AvgIpc) is 2.38. The molecule has 0 aliphatic rings. The molecule has 0 aliphatic heterocycles. The fourth-order valence-corrected chi connectivity index (χ4v) is 2.19. The molecule has 19 heavy (non-hydrogen) atoms. The number of ether oxygens (including phenoxy) is 1. The van der Waals surface area contributed by atoms with Gasteiger partial charge in [0.2, 0.25) is 5.88 Å². The van der Waals surface area contributed by atoms with Crippen LogP contribution in [0.15, 0.2) is 18.3 Å². The topological polar surface area (TPSA) is 37.4 Å². The van der Waals surface area contributed by atoms with Crippen LogP contribution >= 0.6 is 0 Å². The minimum Gasteiger partial charge on any atom is -0.481 e. The Morgan fingerprint density at radius 1 is 1.21 bits per heavy atom. The molecule has 0 amide bonds. The number of aromatic nitrogens is 1. The summed E-state index contributed by atoms with van der Waals surface area (Å²) in [6.07, 6.45) is 1.86. The van der Waals surface area contributed by atoms with Gasteiger partial charge in [-0.15, -0.1) is 0 Å². The van der Waals surface area contributed by atoms with Crippen LogP contribution in [0, 0.1) is 0 Å². The van der Waals surface area contributed by atoms with Gasteiger partial charge in [0.15, 0.2) is 0 Å². The highest BCUT2D eigenvalue weighted by atomic mass is 16.5. The Bertz CT molecular complexity index is 341. The maximum Gasteiger partial charge on any atom is 0.212 e. The number of rotatable bonds is 8. The monoisotopic (exact) mass is 265 g/mol. The molecule has 0 bridgehead atoms. The second-order valence-corrected chi connectivity index (χ2v) is 5.31. The lowest BCUT2D eigenvalue weighted by molar-refractivity contribution is 0.176. The summed E-state index contributed by atoms with van der Waals surface area (Å²) < 4.78 is 5.04. The molecule has 0 saturated heterocycles. The lowest BCUT2D eigenvalue weighted by atomic mass is 10.2. The second-order valence-electron chi connectivity index (χ2n) is 5.31. The number of pyridine rings is 1. The Hall–Kier alpha value is -1.13. The van der Waals surface area contributed by atoms with Crippen molar-refractivity contribution in [2.75, 3.05) is 20.2 Å². The molecule has 1 heterocycles. The van der Waals surface area contributed by atoms with Gasteiger partial charge in [-0.2, -0.15) is 0 Å². The fourth-order valence-electron chi connectivity index (χ4n) is 2.19. The molecule has 0 aromatic carbocycles. The summed E-state index contributed by atoms with van der Waals surface area (Å²) in [5.41, 5.74) is 1.18. The van der Waals surface area contributed by atoms with E-state index < -0.39 is 0 Å². The zero-order chi connectivity index (χ0) is 14.3. The summed E-state index contributed by atoms with van der Waals surface area (Å²) in [6, 6.07) is 5.11. The minimum absolute atomic E-state index is 0.587. The first-order chi connectivity index (χ1) is 9.04. The molecule has 1 N–H and O–H groups in total. The highest BCUT2D eigenvalue weighted by molar-refractivity contribution is 5.17. The molecule has 1 aromatic rings. The molecular formula is C15H27N3O. The summed E-state index contributed by atoms with van der Waals surface area (Å²) >= 11 is 0. The Kier molecular flexibility index (Phi) is 6.81. The predicted molar refractivity (Wildman–Crippen MR) is 79.5 cm³/mol. The summed E-state index contributed by atoms with van der Waals surface area (Å²) in [5, 5.41) is 3.46. The van der Waals surface area contributed by atoms with E-state index in [2.05, 4.69) is 42.9 Å². The van der Waals surface area contributed by atoms with Gasteiger partial charge in [0, 0.05) is 44.0 Å². The van der Waals surface area contributed by atoms with Crippen LogP contribution in [0.25, 0.3) is 0 Å². The van der Waals surface area contributed by atoms with Gasteiger partial charge in [-0.05, 0) is 33.3 Å². The van der Waals surface area contributed by atoms with E-state index in [-0.39, 0.29) is 0 Å². The third kappa shape index (κ3) is 5.57. The second kappa shape index (κ2) is 8.12. The lowest BCUT2D eigenvalue weighted by Crippen LogP contribution is -2.41. The molecule has 0 atom stereocenters. The normalized spacial score (nSPS) is 11.6. The first kappa shape index (κ1) is 15.9. The predicted octanol–water partition coefficient (Wildman–Crippen LogP) is 2.30. The SMILES string of the molecule is COc1ccc(CNCCN(C(C)C)C(C)C)cn1. The number of nitrogens with one attached hydrogen (secondary N) is 1. The molecule has 0 spiro atoms. The Morgan fingerprint density at radius 3 is 2.37 bits per heavy atom.